The molecule has 80 valence electrons. The second kappa shape index (κ2) is 3.96. The Hall–Kier alpha value is -1.10. The lowest BCUT2D eigenvalue weighted by Gasteiger charge is -2.26. The first-order valence-corrected chi connectivity index (χ1v) is 4.44. The summed E-state index contributed by atoms with van der Waals surface area (Å²) in [6, 6.07) is 0. The molecule has 0 saturated heterocycles. The van der Waals surface area contributed by atoms with Gasteiger partial charge in [-0.15, -0.1) is 0 Å². The lowest BCUT2D eigenvalue weighted by Crippen LogP contribution is -2.46. The molecule has 5 nitrogen and oxygen atoms in total. The molecule has 0 heterocycles. The van der Waals surface area contributed by atoms with Crippen molar-refractivity contribution in [3.05, 3.63) is 0 Å². The standard InChI is InChI=1S/C9H14O5/c1-13-7(11)9(8(12)14-2)5-3-4-6(9)10/h6,10H,3-5H2,1-2H3. The summed E-state index contributed by atoms with van der Waals surface area (Å²) in [4.78, 5) is 22.9. The predicted molar refractivity (Wildman–Crippen MR) is 46.3 cm³/mol. The summed E-state index contributed by atoms with van der Waals surface area (Å²) in [5.41, 5.74) is -1.50. The number of rotatable bonds is 2. The normalized spacial score (nSPS) is 24.4. The van der Waals surface area contributed by atoms with Crippen molar-refractivity contribution in [1.29, 1.82) is 0 Å². The number of esters is 2. The van der Waals surface area contributed by atoms with E-state index < -0.39 is 23.5 Å². The smallest absolute Gasteiger partial charge is 0.325 e. The van der Waals surface area contributed by atoms with E-state index in [0.29, 0.717) is 12.8 Å². The average molecular weight is 202 g/mol. The van der Waals surface area contributed by atoms with Crippen molar-refractivity contribution in [2.45, 2.75) is 25.4 Å². The fourth-order valence-corrected chi connectivity index (χ4v) is 1.91. The molecule has 0 amide bonds. The summed E-state index contributed by atoms with van der Waals surface area (Å²) >= 11 is 0. The van der Waals surface area contributed by atoms with Crippen LogP contribution in [0.5, 0.6) is 0 Å². The van der Waals surface area contributed by atoms with E-state index in [1.807, 2.05) is 0 Å². The third-order valence-electron chi connectivity index (χ3n) is 2.72. The molecule has 14 heavy (non-hydrogen) atoms. The highest BCUT2D eigenvalue weighted by Crippen LogP contribution is 2.40. The van der Waals surface area contributed by atoms with Crippen LogP contribution in [0.3, 0.4) is 0 Å². The van der Waals surface area contributed by atoms with E-state index in [0.717, 1.165) is 0 Å². The van der Waals surface area contributed by atoms with Crippen LogP contribution >= 0.6 is 0 Å². The summed E-state index contributed by atoms with van der Waals surface area (Å²) in [6.07, 6.45) is 0.325. The molecule has 5 heteroatoms. The van der Waals surface area contributed by atoms with Crippen LogP contribution in [0.2, 0.25) is 0 Å². The minimum atomic E-state index is -1.50. The van der Waals surface area contributed by atoms with Gasteiger partial charge in [-0.2, -0.15) is 0 Å². The fourth-order valence-electron chi connectivity index (χ4n) is 1.91. The Morgan fingerprint density at radius 2 is 1.79 bits per heavy atom. The summed E-state index contributed by atoms with van der Waals surface area (Å²) in [6.45, 7) is 0. The van der Waals surface area contributed by atoms with Gasteiger partial charge in [0.15, 0.2) is 5.41 Å². The van der Waals surface area contributed by atoms with Crippen molar-refractivity contribution in [3.8, 4) is 0 Å². The Labute approximate surface area is 82.0 Å². The molecule has 0 radical (unpaired) electrons. The van der Waals surface area contributed by atoms with Crippen molar-refractivity contribution in [3.63, 3.8) is 0 Å². The van der Waals surface area contributed by atoms with Crippen LogP contribution in [0.4, 0.5) is 0 Å². The third kappa shape index (κ3) is 1.37. The first-order chi connectivity index (χ1) is 6.59. The van der Waals surface area contributed by atoms with Crippen LogP contribution in [0.25, 0.3) is 0 Å². The zero-order valence-electron chi connectivity index (χ0n) is 8.28. The fraction of sp³-hybridized carbons (Fsp3) is 0.778. The first kappa shape index (κ1) is 11.0. The predicted octanol–water partition coefficient (Wildman–Crippen LogP) is -0.136. The molecule has 0 bridgehead atoms. The molecule has 1 fully saturated rings. The Morgan fingerprint density at radius 1 is 1.29 bits per heavy atom. The Kier molecular flexibility index (Phi) is 3.10. The van der Waals surface area contributed by atoms with Gasteiger partial charge in [-0.1, -0.05) is 0 Å². The minimum Gasteiger partial charge on any atom is -0.468 e. The minimum absolute atomic E-state index is 0.285. The SMILES string of the molecule is COC(=O)C1(C(=O)OC)CCCC1O. The molecule has 0 spiro atoms. The van der Waals surface area contributed by atoms with Crippen molar-refractivity contribution in [2.75, 3.05) is 14.2 Å². The average Bonchev–Trinajstić information content (AvgIpc) is 2.59. The molecule has 1 unspecified atom stereocenters. The van der Waals surface area contributed by atoms with Crippen LogP contribution in [-0.4, -0.2) is 37.4 Å². The second-order valence-electron chi connectivity index (χ2n) is 3.36. The molecule has 0 aromatic carbocycles. The lowest BCUT2D eigenvalue weighted by atomic mass is 9.84. The first-order valence-electron chi connectivity index (χ1n) is 4.44. The summed E-state index contributed by atoms with van der Waals surface area (Å²) in [5.74, 6) is -1.43. The maximum Gasteiger partial charge on any atom is 0.325 e. The molecule has 0 aromatic heterocycles. The van der Waals surface area contributed by atoms with E-state index in [1.54, 1.807) is 0 Å². The number of hydrogen-bond donors (Lipinski definition) is 1. The van der Waals surface area contributed by atoms with Gasteiger partial charge in [0.05, 0.1) is 20.3 Å². The largest absolute Gasteiger partial charge is 0.468 e. The Balaban J connectivity index is 3.01. The van der Waals surface area contributed by atoms with E-state index in [2.05, 4.69) is 9.47 Å². The van der Waals surface area contributed by atoms with E-state index in [-0.39, 0.29) is 6.42 Å². The van der Waals surface area contributed by atoms with E-state index in [1.165, 1.54) is 14.2 Å². The molecule has 1 rings (SSSR count). The van der Waals surface area contributed by atoms with Gasteiger partial charge in [0.25, 0.3) is 0 Å². The maximum atomic E-state index is 11.5. The molecule has 1 saturated carbocycles. The van der Waals surface area contributed by atoms with Gasteiger partial charge in [-0.25, -0.2) is 0 Å². The van der Waals surface area contributed by atoms with Crippen molar-refractivity contribution in [1.82, 2.24) is 0 Å². The van der Waals surface area contributed by atoms with E-state index >= 15 is 0 Å². The molecular formula is C9H14O5. The number of aliphatic hydroxyl groups excluding tert-OH is 1. The van der Waals surface area contributed by atoms with Gasteiger partial charge in [-0.05, 0) is 19.3 Å². The van der Waals surface area contributed by atoms with Crippen molar-refractivity contribution in [2.24, 2.45) is 5.41 Å². The van der Waals surface area contributed by atoms with Gasteiger partial charge in [-0.3, -0.25) is 9.59 Å². The number of carbonyl (C=O) groups is 2. The number of aliphatic hydroxyl groups is 1. The van der Waals surface area contributed by atoms with Crippen LogP contribution < -0.4 is 0 Å². The van der Waals surface area contributed by atoms with Gasteiger partial charge in [0.1, 0.15) is 0 Å². The topological polar surface area (TPSA) is 72.8 Å². The van der Waals surface area contributed by atoms with Gasteiger partial charge < -0.3 is 14.6 Å². The number of methoxy groups -OCH3 is 2. The molecule has 1 N–H and O–H groups in total. The van der Waals surface area contributed by atoms with Crippen LogP contribution in [-0.2, 0) is 19.1 Å². The number of hydrogen-bond acceptors (Lipinski definition) is 5. The third-order valence-corrected chi connectivity index (χ3v) is 2.72. The highest BCUT2D eigenvalue weighted by molar-refractivity contribution is 6.01. The highest BCUT2D eigenvalue weighted by Gasteiger charge is 2.56. The summed E-state index contributed by atoms with van der Waals surface area (Å²) < 4.78 is 9.06. The molecule has 1 atom stereocenters. The summed E-state index contributed by atoms with van der Waals surface area (Å²) in [7, 11) is 2.39. The van der Waals surface area contributed by atoms with Crippen LogP contribution in [0.15, 0.2) is 0 Å². The molecule has 0 aliphatic heterocycles. The van der Waals surface area contributed by atoms with Crippen molar-refractivity contribution >= 4 is 11.9 Å². The quantitative estimate of drug-likeness (QED) is 0.498. The molecule has 1 aliphatic rings. The highest BCUT2D eigenvalue weighted by atomic mass is 16.5. The zero-order valence-corrected chi connectivity index (χ0v) is 8.28. The Morgan fingerprint density at radius 3 is 2.07 bits per heavy atom. The van der Waals surface area contributed by atoms with Gasteiger partial charge in [0.2, 0.25) is 0 Å². The van der Waals surface area contributed by atoms with Gasteiger partial charge in [0, 0.05) is 0 Å². The molecule has 1 aliphatic carbocycles. The maximum absolute atomic E-state index is 11.5. The molecule has 0 aromatic rings. The number of ether oxygens (including phenoxy) is 2. The van der Waals surface area contributed by atoms with E-state index in [4.69, 9.17) is 0 Å². The van der Waals surface area contributed by atoms with Crippen LogP contribution in [0, 0.1) is 5.41 Å². The Bertz CT molecular complexity index is 232. The van der Waals surface area contributed by atoms with Crippen LogP contribution in [0.1, 0.15) is 19.3 Å². The van der Waals surface area contributed by atoms with E-state index in [9.17, 15) is 14.7 Å². The second-order valence-corrected chi connectivity index (χ2v) is 3.36. The van der Waals surface area contributed by atoms with Gasteiger partial charge >= 0.3 is 11.9 Å². The lowest BCUT2D eigenvalue weighted by molar-refractivity contribution is -0.175. The monoisotopic (exact) mass is 202 g/mol. The van der Waals surface area contributed by atoms with Crippen molar-refractivity contribution < 1.29 is 24.2 Å². The number of carbonyl (C=O) groups excluding carboxylic acids is 2. The zero-order chi connectivity index (χ0) is 10.8. The summed E-state index contributed by atoms with van der Waals surface area (Å²) in [5, 5.41) is 9.64. The molecular weight excluding hydrogens is 188 g/mol.